The van der Waals surface area contributed by atoms with Gasteiger partial charge in [0.1, 0.15) is 5.82 Å². The molecular formula is C10H13ClN2O4S. The van der Waals surface area contributed by atoms with Crippen LogP contribution in [0, 0.1) is 5.92 Å². The van der Waals surface area contributed by atoms with Gasteiger partial charge in [-0.1, -0.05) is 18.5 Å². The molecule has 18 heavy (non-hydrogen) atoms. The number of pyridine rings is 1. The third-order valence-electron chi connectivity index (χ3n) is 2.23. The van der Waals surface area contributed by atoms with Gasteiger partial charge in [0.25, 0.3) is 0 Å². The maximum Gasteiger partial charge on any atom is 0.308 e. The predicted molar refractivity (Wildman–Crippen MR) is 68.2 cm³/mol. The van der Waals surface area contributed by atoms with E-state index in [1.54, 1.807) is 0 Å². The first kappa shape index (κ1) is 14.7. The SMILES string of the molecule is CC(CN(c1ccc(Cl)cn1)S(C)(=O)=O)C(=O)O. The number of aromatic nitrogens is 1. The maximum atomic E-state index is 11.6. The molecule has 8 heteroatoms. The minimum absolute atomic E-state index is 0.148. The fourth-order valence-electron chi connectivity index (χ4n) is 1.24. The molecule has 1 unspecified atom stereocenters. The van der Waals surface area contributed by atoms with E-state index in [9.17, 15) is 13.2 Å². The largest absolute Gasteiger partial charge is 0.481 e. The van der Waals surface area contributed by atoms with Crippen LogP contribution in [0.1, 0.15) is 6.92 Å². The van der Waals surface area contributed by atoms with E-state index >= 15 is 0 Å². The van der Waals surface area contributed by atoms with Crippen LogP contribution in [0.5, 0.6) is 0 Å². The number of aliphatic carboxylic acids is 1. The Balaban J connectivity index is 3.07. The van der Waals surface area contributed by atoms with Crippen LogP contribution in [0.4, 0.5) is 5.82 Å². The lowest BCUT2D eigenvalue weighted by molar-refractivity contribution is -0.140. The Kier molecular flexibility index (Phi) is 4.53. The molecule has 0 bridgehead atoms. The number of carboxylic acids is 1. The number of carbonyl (C=O) groups is 1. The van der Waals surface area contributed by atoms with E-state index in [1.807, 2.05) is 0 Å². The van der Waals surface area contributed by atoms with Crippen LogP contribution in [-0.2, 0) is 14.8 Å². The van der Waals surface area contributed by atoms with Crippen molar-refractivity contribution in [3.05, 3.63) is 23.4 Å². The molecule has 0 spiro atoms. The van der Waals surface area contributed by atoms with Gasteiger partial charge in [0.15, 0.2) is 0 Å². The topological polar surface area (TPSA) is 87.6 Å². The average molecular weight is 293 g/mol. The molecule has 0 fully saturated rings. The second-order valence-electron chi connectivity index (χ2n) is 3.87. The fourth-order valence-corrected chi connectivity index (χ4v) is 2.30. The summed E-state index contributed by atoms with van der Waals surface area (Å²) in [5, 5.41) is 9.20. The first-order valence-electron chi connectivity index (χ1n) is 5.04. The zero-order valence-corrected chi connectivity index (χ0v) is 11.4. The number of anilines is 1. The Bertz CT molecular complexity index is 529. The number of nitrogens with zero attached hydrogens (tertiary/aromatic N) is 2. The van der Waals surface area contributed by atoms with Crippen LogP contribution in [0.25, 0.3) is 0 Å². The van der Waals surface area contributed by atoms with Gasteiger partial charge in [0, 0.05) is 12.7 Å². The van der Waals surface area contributed by atoms with Crippen molar-refractivity contribution in [1.82, 2.24) is 4.98 Å². The lowest BCUT2D eigenvalue weighted by atomic mass is 10.2. The molecule has 0 amide bonds. The van der Waals surface area contributed by atoms with Crippen molar-refractivity contribution in [2.75, 3.05) is 17.1 Å². The first-order valence-corrected chi connectivity index (χ1v) is 7.26. The minimum Gasteiger partial charge on any atom is -0.481 e. The highest BCUT2D eigenvalue weighted by Gasteiger charge is 2.24. The molecule has 1 N–H and O–H groups in total. The highest BCUT2D eigenvalue weighted by molar-refractivity contribution is 7.92. The Morgan fingerprint density at radius 1 is 1.56 bits per heavy atom. The highest BCUT2D eigenvalue weighted by atomic mass is 35.5. The molecule has 0 aliphatic rings. The van der Waals surface area contributed by atoms with E-state index in [2.05, 4.69) is 4.98 Å². The normalized spacial score (nSPS) is 13.1. The van der Waals surface area contributed by atoms with Gasteiger partial charge in [-0.3, -0.25) is 9.10 Å². The molecule has 1 atom stereocenters. The van der Waals surface area contributed by atoms with Gasteiger partial charge >= 0.3 is 5.97 Å². The summed E-state index contributed by atoms with van der Waals surface area (Å²) in [6, 6.07) is 2.92. The number of halogens is 1. The summed E-state index contributed by atoms with van der Waals surface area (Å²) in [7, 11) is -3.59. The molecule has 0 aromatic carbocycles. The van der Waals surface area contributed by atoms with E-state index in [0.29, 0.717) is 5.02 Å². The van der Waals surface area contributed by atoms with Crippen molar-refractivity contribution >= 4 is 33.4 Å². The van der Waals surface area contributed by atoms with E-state index in [-0.39, 0.29) is 12.4 Å². The summed E-state index contributed by atoms with van der Waals surface area (Å²) < 4.78 is 24.2. The molecular weight excluding hydrogens is 280 g/mol. The van der Waals surface area contributed by atoms with Gasteiger partial charge in [-0.2, -0.15) is 0 Å². The van der Waals surface area contributed by atoms with Gasteiger partial charge in [0.05, 0.1) is 17.2 Å². The fraction of sp³-hybridized carbons (Fsp3) is 0.400. The van der Waals surface area contributed by atoms with Gasteiger partial charge in [0.2, 0.25) is 10.0 Å². The number of hydrogen-bond acceptors (Lipinski definition) is 4. The second kappa shape index (κ2) is 5.53. The lowest BCUT2D eigenvalue weighted by Crippen LogP contribution is -2.36. The standard InChI is InChI=1S/C10H13ClN2O4S/c1-7(10(14)15)6-13(18(2,16)17)9-4-3-8(11)5-12-9/h3-5,7H,6H2,1-2H3,(H,14,15). The summed E-state index contributed by atoms with van der Waals surface area (Å²) >= 11 is 5.66. The molecule has 1 rings (SSSR count). The molecule has 6 nitrogen and oxygen atoms in total. The maximum absolute atomic E-state index is 11.6. The summed E-state index contributed by atoms with van der Waals surface area (Å²) in [6.45, 7) is 1.25. The molecule has 0 radical (unpaired) electrons. The Hall–Kier alpha value is -1.34. The van der Waals surface area contributed by atoms with Gasteiger partial charge < -0.3 is 5.11 Å². The van der Waals surface area contributed by atoms with Crippen molar-refractivity contribution in [2.45, 2.75) is 6.92 Å². The van der Waals surface area contributed by atoms with E-state index < -0.39 is 21.9 Å². The average Bonchev–Trinajstić information content (AvgIpc) is 2.25. The number of rotatable bonds is 5. The second-order valence-corrected chi connectivity index (χ2v) is 6.21. The van der Waals surface area contributed by atoms with E-state index in [0.717, 1.165) is 10.6 Å². The van der Waals surface area contributed by atoms with E-state index in [1.165, 1.54) is 25.3 Å². The molecule has 1 aromatic rings. The van der Waals surface area contributed by atoms with Crippen molar-refractivity contribution in [1.29, 1.82) is 0 Å². The summed E-state index contributed by atoms with van der Waals surface area (Å²) in [4.78, 5) is 14.7. The quantitative estimate of drug-likeness (QED) is 0.881. The molecule has 0 saturated carbocycles. The van der Waals surface area contributed by atoms with Crippen LogP contribution in [0.2, 0.25) is 5.02 Å². The van der Waals surface area contributed by atoms with Crippen molar-refractivity contribution < 1.29 is 18.3 Å². The molecule has 0 aliphatic heterocycles. The molecule has 1 heterocycles. The Labute approximate surface area is 110 Å². The summed E-state index contributed by atoms with van der Waals surface area (Å²) in [6.07, 6.45) is 2.30. The van der Waals surface area contributed by atoms with Crippen LogP contribution in [-0.4, -0.2) is 37.3 Å². The summed E-state index contributed by atoms with van der Waals surface area (Å²) in [5.74, 6) is -1.76. The number of carboxylic acid groups (broad SMARTS) is 1. The molecule has 1 aromatic heterocycles. The van der Waals surface area contributed by atoms with Crippen LogP contribution in [0.3, 0.4) is 0 Å². The van der Waals surface area contributed by atoms with Crippen molar-refractivity contribution in [2.24, 2.45) is 5.92 Å². The van der Waals surface area contributed by atoms with Gasteiger partial charge in [-0.15, -0.1) is 0 Å². The van der Waals surface area contributed by atoms with Crippen LogP contribution >= 0.6 is 11.6 Å². The number of hydrogen-bond donors (Lipinski definition) is 1. The third-order valence-corrected chi connectivity index (χ3v) is 3.59. The molecule has 0 saturated heterocycles. The zero-order chi connectivity index (χ0) is 13.9. The van der Waals surface area contributed by atoms with Crippen LogP contribution < -0.4 is 4.31 Å². The minimum atomic E-state index is -3.59. The molecule has 100 valence electrons. The van der Waals surface area contributed by atoms with E-state index in [4.69, 9.17) is 16.7 Å². The molecule has 0 aliphatic carbocycles. The monoisotopic (exact) mass is 292 g/mol. The van der Waals surface area contributed by atoms with Crippen LogP contribution in [0.15, 0.2) is 18.3 Å². The first-order chi connectivity index (χ1) is 8.21. The summed E-state index contributed by atoms with van der Waals surface area (Å²) in [5.41, 5.74) is 0. The lowest BCUT2D eigenvalue weighted by Gasteiger charge is -2.23. The Morgan fingerprint density at radius 2 is 2.17 bits per heavy atom. The van der Waals surface area contributed by atoms with Gasteiger partial charge in [-0.05, 0) is 12.1 Å². The predicted octanol–water partition coefficient (Wildman–Crippen LogP) is 1.22. The Morgan fingerprint density at radius 3 is 2.56 bits per heavy atom. The highest BCUT2D eigenvalue weighted by Crippen LogP contribution is 2.18. The number of sulfonamides is 1. The zero-order valence-electron chi connectivity index (χ0n) is 9.87. The third kappa shape index (κ3) is 3.85. The van der Waals surface area contributed by atoms with Gasteiger partial charge in [-0.25, -0.2) is 13.4 Å². The van der Waals surface area contributed by atoms with Crippen molar-refractivity contribution in [3.8, 4) is 0 Å². The van der Waals surface area contributed by atoms with Crippen molar-refractivity contribution in [3.63, 3.8) is 0 Å². The smallest absolute Gasteiger partial charge is 0.308 e.